The van der Waals surface area contributed by atoms with Crippen LogP contribution in [0.25, 0.3) is 0 Å². The van der Waals surface area contributed by atoms with E-state index in [1.807, 2.05) is 0 Å². The van der Waals surface area contributed by atoms with Gasteiger partial charge in [-0.3, -0.25) is 0 Å². The first-order valence-electron chi connectivity index (χ1n) is 9.07. The zero-order valence-corrected chi connectivity index (χ0v) is 16.6. The van der Waals surface area contributed by atoms with Crippen LogP contribution in [0.4, 0.5) is 0 Å². The topological polar surface area (TPSA) is 27.7 Å². The van der Waals surface area contributed by atoms with Gasteiger partial charge in [-0.05, 0) is 56.3 Å². The Bertz CT molecular complexity index is 440. The molecule has 0 aromatic rings. The first kappa shape index (κ1) is 18.8. The van der Waals surface area contributed by atoms with E-state index in [1.165, 1.54) is 18.4 Å². The minimum atomic E-state index is -1.70. The molecule has 0 aromatic heterocycles. The Morgan fingerprint density at radius 1 is 1.17 bits per heavy atom. The summed E-state index contributed by atoms with van der Waals surface area (Å²) in [7, 11) is -1.70. The van der Waals surface area contributed by atoms with Crippen molar-refractivity contribution in [1.82, 2.24) is 0 Å². The molecule has 0 bridgehead atoms. The van der Waals surface area contributed by atoms with Crippen molar-refractivity contribution in [3.8, 4) is 0 Å². The lowest BCUT2D eigenvalue weighted by Gasteiger charge is -2.37. The van der Waals surface area contributed by atoms with E-state index in [9.17, 15) is 0 Å². The van der Waals surface area contributed by atoms with E-state index in [2.05, 4.69) is 46.0 Å². The fraction of sp³-hybridized carbons (Fsp3) is 0.789. The third-order valence-electron chi connectivity index (χ3n) is 5.24. The van der Waals surface area contributed by atoms with Crippen molar-refractivity contribution in [2.75, 3.05) is 13.2 Å². The van der Waals surface area contributed by atoms with Gasteiger partial charge in [-0.25, -0.2) is 0 Å². The van der Waals surface area contributed by atoms with Crippen molar-refractivity contribution in [3.05, 3.63) is 23.5 Å². The maximum atomic E-state index is 6.40. The van der Waals surface area contributed by atoms with Crippen LogP contribution in [0.5, 0.6) is 0 Å². The third-order valence-corrected chi connectivity index (χ3v) is 9.63. The standard InChI is InChI=1S/C19H34O3Si/c1-19(2,3)23(4,5)22-17-11-9-16(10-12-17)13-15-21-18-8-6-7-14-20-18/h9,12,18H,6-8,10-11,13-15H2,1-5H3. The molecule has 4 heteroatoms. The van der Waals surface area contributed by atoms with E-state index in [4.69, 9.17) is 13.9 Å². The molecule has 0 amide bonds. The molecule has 0 aromatic carbocycles. The summed E-state index contributed by atoms with van der Waals surface area (Å²) in [5, 5.41) is 0.256. The van der Waals surface area contributed by atoms with Gasteiger partial charge < -0.3 is 13.9 Å². The molecule has 1 atom stereocenters. The maximum Gasteiger partial charge on any atom is 0.250 e. The van der Waals surface area contributed by atoms with Crippen molar-refractivity contribution < 1.29 is 13.9 Å². The highest BCUT2D eigenvalue weighted by Crippen LogP contribution is 2.39. The van der Waals surface area contributed by atoms with Crippen LogP contribution in [0.1, 0.15) is 59.3 Å². The predicted molar refractivity (Wildman–Crippen MR) is 97.8 cm³/mol. The predicted octanol–water partition coefficient (Wildman–Crippen LogP) is 5.55. The molecular formula is C19H34O3Si. The van der Waals surface area contributed by atoms with Crippen molar-refractivity contribution in [3.63, 3.8) is 0 Å². The van der Waals surface area contributed by atoms with Crippen LogP contribution in [-0.2, 0) is 13.9 Å². The molecule has 2 aliphatic rings. The van der Waals surface area contributed by atoms with Crippen LogP contribution in [0.3, 0.4) is 0 Å². The number of hydrogen-bond donors (Lipinski definition) is 0. The lowest BCUT2D eigenvalue weighted by molar-refractivity contribution is -0.161. The van der Waals surface area contributed by atoms with Crippen LogP contribution in [0.15, 0.2) is 23.5 Å². The molecule has 132 valence electrons. The molecule has 0 N–H and O–H groups in total. The van der Waals surface area contributed by atoms with Gasteiger partial charge in [0.1, 0.15) is 0 Å². The lowest BCUT2D eigenvalue weighted by Crippen LogP contribution is -2.40. The van der Waals surface area contributed by atoms with Crippen molar-refractivity contribution in [2.24, 2.45) is 0 Å². The molecule has 1 aliphatic carbocycles. The van der Waals surface area contributed by atoms with Crippen molar-refractivity contribution >= 4 is 8.32 Å². The SMILES string of the molecule is CC(C)(C)[Si](C)(C)OC1=CCC(CCOC2CCCCO2)=CC1. The van der Waals surface area contributed by atoms with Gasteiger partial charge >= 0.3 is 0 Å². The summed E-state index contributed by atoms with van der Waals surface area (Å²) in [6, 6.07) is 0. The summed E-state index contributed by atoms with van der Waals surface area (Å²) in [6.07, 6.45) is 11.0. The van der Waals surface area contributed by atoms with Gasteiger partial charge in [0.25, 0.3) is 0 Å². The third kappa shape index (κ3) is 5.77. The first-order valence-corrected chi connectivity index (χ1v) is 12.0. The lowest BCUT2D eigenvalue weighted by atomic mass is 10.0. The number of ether oxygens (including phenoxy) is 2. The Labute approximate surface area is 143 Å². The number of hydrogen-bond acceptors (Lipinski definition) is 3. The summed E-state index contributed by atoms with van der Waals surface area (Å²) in [6.45, 7) is 13.1. The Kier molecular flexibility index (Phi) is 6.52. The molecule has 0 spiro atoms. The Balaban J connectivity index is 1.70. The molecule has 2 rings (SSSR count). The van der Waals surface area contributed by atoms with Crippen LogP contribution in [-0.4, -0.2) is 27.8 Å². The van der Waals surface area contributed by atoms with Gasteiger partial charge in [-0.1, -0.05) is 32.4 Å². The number of allylic oxidation sites excluding steroid dienone is 2. The van der Waals surface area contributed by atoms with Crippen LogP contribution in [0.2, 0.25) is 18.1 Å². The fourth-order valence-electron chi connectivity index (χ4n) is 2.59. The first-order chi connectivity index (χ1) is 10.8. The van der Waals surface area contributed by atoms with Gasteiger partial charge in [0.2, 0.25) is 8.32 Å². The highest BCUT2D eigenvalue weighted by Gasteiger charge is 2.39. The summed E-state index contributed by atoms with van der Waals surface area (Å²) in [5.74, 6) is 1.16. The molecule has 0 radical (unpaired) electrons. The average Bonchev–Trinajstić information content (AvgIpc) is 2.49. The highest BCUT2D eigenvalue weighted by atomic mass is 28.4. The Morgan fingerprint density at radius 3 is 2.52 bits per heavy atom. The minimum absolute atomic E-state index is 0.0287. The van der Waals surface area contributed by atoms with Crippen molar-refractivity contribution in [1.29, 1.82) is 0 Å². The van der Waals surface area contributed by atoms with E-state index in [0.29, 0.717) is 0 Å². The molecule has 1 aliphatic heterocycles. The summed E-state index contributed by atoms with van der Waals surface area (Å²) >= 11 is 0. The summed E-state index contributed by atoms with van der Waals surface area (Å²) in [5.41, 5.74) is 1.46. The largest absolute Gasteiger partial charge is 0.547 e. The average molecular weight is 339 g/mol. The second-order valence-corrected chi connectivity index (χ2v) is 12.9. The van der Waals surface area contributed by atoms with Crippen LogP contribution in [0, 0.1) is 0 Å². The molecule has 1 heterocycles. The van der Waals surface area contributed by atoms with Gasteiger partial charge in [0.15, 0.2) is 6.29 Å². The molecule has 23 heavy (non-hydrogen) atoms. The molecule has 3 nitrogen and oxygen atoms in total. The zero-order valence-electron chi connectivity index (χ0n) is 15.6. The van der Waals surface area contributed by atoms with E-state index < -0.39 is 8.32 Å². The summed E-state index contributed by atoms with van der Waals surface area (Å²) < 4.78 is 17.8. The molecular weight excluding hydrogens is 304 g/mol. The smallest absolute Gasteiger partial charge is 0.250 e. The van der Waals surface area contributed by atoms with E-state index in [-0.39, 0.29) is 11.3 Å². The molecule has 0 saturated carbocycles. The zero-order chi connectivity index (χ0) is 16.9. The second kappa shape index (κ2) is 7.99. The molecule has 1 fully saturated rings. The maximum absolute atomic E-state index is 6.40. The Hall–Kier alpha value is -0.583. The molecule has 1 saturated heterocycles. The second-order valence-electron chi connectivity index (χ2n) is 8.22. The molecule has 1 unspecified atom stereocenters. The van der Waals surface area contributed by atoms with Gasteiger partial charge in [0, 0.05) is 13.0 Å². The quantitative estimate of drug-likeness (QED) is 0.470. The van der Waals surface area contributed by atoms with E-state index in [0.717, 1.165) is 44.7 Å². The van der Waals surface area contributed by atoms with E-state index in [1.54, 1.807) is 0 Å². The van der Waals surface area contributed by atoms with Crippen molar-refractivity contribution in [2.45, 2.75) is 83.7 Å². The Morgan fingerprint density at radius 2 is 1.96 bits per heavy atom. The highest BCUT2D eigenvalue weighted by molar-refractivity contribution is 6.74. The summed E-state index contributed by atoms with van der Waals surface area (Å²) in [4.78, 5) is 0. The fourth-order valence-corrected chi connectivity index (χ4v) is 3.72. The van der Waals surface area contributed by atoms with Crippen LogP contribution < -0.4 is 0 Å². The minimum Gasteiger partial charge on any atom is -0.547 e. The van der Waals surface area contributed by atoms with Gasteiger partial charge in [-0.15, -0.1) is 0 Å². The van der Waals surface area contributed by atoms with Gasteiger partial charge in [-0.2, -0.15) is 0 Å². The normalized spacial score (nSPS) is 23.3. The van der Waals surface area contributed by atoms with Crippen LogP contribution >= 0.6 is 0 Å². The van der Waals surface area contributed by atoms with E-state index >= 15 is 0 Å². The monoisotopic (exact) mass is 338 g/mol. The van der Waals surface area contributed by atoms with Gasteiger partial charge in [0.05, 0.1) is 12.4 Å². The number of rotatable bonds is 6.